The zero-order chi connectivity index (χ0) is 55.4. The van der Waals surface area contributed by atoms with Gasteiger partial charge in [-0.05, 0) is 50.5 Å². The molecule has 0 aliphatic carbocycles. The van der Waals surface area contributed by atoms with E-state index >= 15 is 0 Å². The van der Waals surface area contributed by atoms with E-state index in [1.54, 1.807) is 0 Å². The van der Waals surface area contributed by atoms with Crippen LogP contribution < -0.4 is 11.4 Å². The molecule has 76 heavy (non-hydrogen) atoms. The minimum Gasteiger partial charge on any atom is -0.462 e. The number of hydrogen-bond acceptors (Lipinski definition) is 16. The molecule has 2 aliphatic heterocycles. The maximum Gasteiger partial charge on any atom is 0.481 e. The fourth-order valence-electron chi connectivity index (χ4n) is 9.30. The second kappa shape index (κ2) is 39.8. The van der Waals surface area contributed by atoms with Gasteiger partial charge in [0, 0.05) is 19.0 Å². The topological polar surface area (TPSA) is 278 Å². The molecule has 21 heteroatoms. The number of allylic oxidation sites excluding steroid dienone is 1. The minimum absolute atomic E-state index is 0.0492. The summed E-state index contributed by atoms with van der Waals surface area (Å²) >= 11 is 0. The van der Waals surface area contributed by atoms with Crippen LogP contribution in [0.5, 0.6) is 0 Å². The van der Waals surface area contributed by atoms with E-state index in [1.165, 1.54) is 128 Å². The molecule has 1 aromatic rings. The molecule has 2 aliphatic rings. The van der Waals surface area contributed by atoms with Gasteiger partial charge in [0.15, 0.2) is 12.3 Å². The number of ether oxygens (including phenoxy) is 4. The molecule has 1 aromatic heterocycles. The summed E-state index contributed by atoms with van der Waals surface area (Å²) in [6, 6.07) is 1.25. The van der Waals surface area contributed by atoms with Crippen molar-refractivity contribution in [3.63, 3.8) is 0 Å². The Kier molecular flexibility index (Phi) is 35.4. The number of aliphatic hydroxyl groups excluding tert-OH is 2. The van der Waals surface area contributed by atoms with Crippen molar-refractivity contribution in [2.24, 2.45) is 5.92 Å². The van der Waals surface area contributed by atoms with Gasteiger partial charge in [0.2, 0.25) is 0 Å². The van der Waals surface area contributed by atoms with E-state index < -0.39 is 83.7 Å². The Morgan fingerprint density at radius 2 is 1.25 bits per heavy atom. The first-order valence-corrected chi connectivity index (χ1v) is 32.2. The van der Waals surface area contributed by atoms with Crippen molar-refractivity contribution in [2.75, 3.05) is 25.6 Å². The standard InChI is InChI=1S/C55H99N3O16P2/c1-4-6-7-8-25-30-35-46-47(72-46)36-31-26-23-28-32-37-50(59)68-41-45(71-51(60)38-33-27-22-20-18-16-14-12-10-9-11-13-15-17-19-21-24-29-34-44(3)5-2)42-69-75(64,65)74-76(66,67)70-43-48-52(61)53(62)54(73-48)58-40-39-49(56)57-55(58)63/h25,30,39-40,44-48,52-54,61-62H,4-24,26-29,31-38,41-43H2,1-3H3,(H,64,65)(H,66,67)(H2,56,57,63)/b30-25-/t44?,45-,46?,47?,48-,52-,53-,54-/m1/s1. The summed E-state index contributed by atoms with van der Waals surface area (Å²) in [5.74, 6) is -0.434. The number of esters is 2. The van der Waals surface area contributed by atoms with E-state index in [0.29, 0.717) is 25.0 Å². The first-order chi connectivity index (χ1) is 36.5. The highest BCUT2D eigenvalue weighted by Crippen LogP contribution is 2.60. The second-order valence-electron chi connectivity index (χ2n) is 21.1. The summed E-state index contributed by atoms with van der Waals surface area (Å²) in [5.41, 5.74) is 4.60. The summed E-state index contributed by atoms with van der Waals surface area (Å²) in [6.45, 7) is 4.53. The number of carbonyl (C=O) groups is 2. The van der Waals surface area contributed by atoms with Crippen LogP contribution in [0, 0.1) is 5.92 Å². The lowest BCUT2D eigenvalue weighted by atomic mass is 9.99. The number of aliphatic hydroxyl groups is 2. The largest absolute Gasteiger partial charge is 0.481 e. The predicted molar refractivity (Wildman–Crippen MR) is 293 cm³/mol. The van der Waals surface area contributed by atoms with Crippen LogP contribution in [0.3, 0.4) is 0 Å². The van der Waals surface area contributed by atoms with Crippen molar-refractivity contribution in [1.82, 2.24) is 9.55 Å². The van der Waals surface area contributed by atoms with Crippen molar-refractivity contribution in [2.45, 2.75) is 276 Å². The number of rotatable bonds is 48. The summed E-state index contributed by atoms with van der Waals surface area (Å²) < 4.78 is 62.9. The molecule has 2 fully saturated rings. The van der Waals surface area contributed by atoms with Gasteiger partial charge in [-0.15, -0.1) is 0 Å². The molecule has 10 atom stereocenters. The fourth-order valence-corrected chi connectivity index (χ4v) is 11.4. The van der Waals surface area contributed by atoms with Crippen LogP contribution >= 0.6 is 15.6 Å². The number of nitrogens with two attached hydrogens (primary N) is 1. The predicted octanol–water partition coefficient (Wildman–Crippen LogP) is 12.0. The van der Waals surface area contributed by atoms with Crippen LogP contribution in [-0.4, -0.2) is 97.9 Å². The van der Waals surface area contributed by atoms with Crippen molar-refractivity contribution in [3.8, 4) is 0 Å². The van der Waals surface area contributed by atoms with Gasteiger partial charge in [-0.25, -0.2) is 13.9 Å². The number of nitrogens with zero attached hydrogens (tertiary/aromatic N) is 2. The van der Waals surface area contributed by atoms with Crippen LogP contribution in [0.4, 0.5) is 5.82 Å². The Labute approximate surface area is 454 Å². The van der Waals surface area contributed by atoms with Gasteiger partial charge in [0.05, 0.1) is 25.4 Å². The number of phosphoric ester groups is 2. The number of phosphoric acid groups is 2. The second-order valence-corrected chi connectivity index (χ2v) is 24.2. The maximum atomic E-state index is 12.9. The van der Waals surface area contributed by atoms with Gasteiger partial charge < -0.3 is 44.7 Å². The van der Waals surface area contributed by atoms with Gasteiger partial charge in [0.25, 0.3) is 0 Å². The summed E-state index contributed by atoms with van der Waals surface area (Å²) in [7, 11) is -10.9. The highest BCUT2D eigenvalue weighted by molar-refractivity contribution is 7.61. The Morgan fingerprint density at radius 1 is 0.697 bits per heavy atom. The summed E-state index contributed by atoms with van der Waals surface area (Å²) in [6.07, 6.45) is 34.3. The van der Waals surface area contributed by atoms with E-state index in [-0.39, 0.29) is 18.7 Å². The molecule has 3 rings (SSSR count). The molecule has 6 N–H and O–H groups in total. The molecule has 0 saturated carbocycles. The highest BCUT2D eigenvalue weighted by Gasteiger charge is 2.46. The summed E-state index contributed by atoms with van der Waals surface area (Å²) in [5, 5.41) is 21.0. The number of aromatic nitrogens is 2. The van der Waals surface area contributed by atoms with Crippen LogP contribution in [0.2, 0.25) is 0 Å². The van der Waals surface area contributed by atoms with Gasteiger partial charge >= 0.3 is 33.3 Å². The van der Waals surface area contributed by atoms with Crippen molar-refractivity contribution < 1.29 is 71.0 Å². The average molecular weight is 1120 g/mol. The molecule has 19 nitrogen and oxygen atoms in total. The van der Waals surface area contributed by atoms with Crippen molar-refractivity contribution >= 4 is 33.4 Å². The van der Waals surface area contributed by atoms with E-state index in [9.17, 15) is 43.5 Å². The number of nitrogen functional groups attached to an aromatic ring is 1. The Hall–Kier alpha value is -2.54. The number of hydrogen-bond donors (Lipinski definition) is 5. The molecule has 440 valence electrons. The monoisotopic (exact) mass is 1120 g/mol. The average Bonchev–Trinajstić information content (AvgIpc) is 4.07. The Bertz CT molecular complexity index is 1910. The quantitative estimate of drug-likeness (QED) is 0.0133. The van der Waals surface area contributed by atoms with Crippen LogP contribution in [-0.2, 0) is 51.0 Å². The number of anilines is 1. The van der Waals surface area contributed by atoms with Gasteiger partial charge in [-0.2, -0.15) is 9.29 Å². The summed E-state index contributed by atoms with van der Waals surface area (Å²) in [4.78, 5) is 62.2. The molecule has 0 aromatic carbocycles. The molecule has 0 bridgehead atoms. The molecule has 0 spiro atoms. The van der Waals surface area contributed by atoms with Crippen LogP contribution in [0.15, 0.2) is 29.2 Å². The first kappa shape index (κ1) is 67.7. The fraction of sp³-hybridized carbons (Fsp3) is 0.855. The number of carbonyl (C=O) groups excluding carboxylic acids is 2. The first-order valence-electron chi connectivity index (χ1n) is 29.2. The normalized spacial score (nSPS) is 21.8. The van der Waals surface area contributed by atoms with E-state index in [2.05, 4.69) is 42.2 Å². The smallest absolute Gasteiger partial charge is 0.462 e. The Balaban J connectivity index is 1.34. The third-order valence-electron chi connectivity index (χ3n) is 14.3. The van der Waals surface area contributed by atoms with E-state index in [1.807, 2.05) is 0 Å². The minimum atomic E-state index is -5.43. The third kappa shape index (κ3) is 31.3. The highest BCUT2D eigenvalue weighted by atomic mass is 31.3. The SMILES string of the molecule is CCCCC/C=C\CC1OC1CCCCCCCC(=O)OC[C@H](COP(=O)(O)OP(=O)(O)OC[C@H]1O[C@@H](n2ccc(N)nc2=O)[C@H](O)[C@@H]1O)OC(=O)CCCCCCCCCCCCCCCCCCCCC(C)CC. The van der Waals surface area contributed by atoms with Gasteiger partial charge in [0.1, 0.15) is 30.7 Å². The maximum absolute atomic E-state index is 12.9. The lowest BCUT2D eigenvalue weighted by molar-refractivity contribution is -0.161. The number of epoxide rings is 1. The molecule has 3 heterocycles. The van der Waals surface area contributed by atoms with Crippen LogP contribution in [0.1, 0.15) is 239 Å². The molecule has 5 unspecified atom stereocenters. The van der Waals surface area contributed by atoms with E-state index in [0.717, 1.165) is 81.1 Å². The molecular weight excluding hydrogens is 1020 g/mol. The number of unbranched alkanes of at least 4 members (excludes halogenated alkanes) is 24. The molecule has 0 radical (unpaired) electrons. The van der Waals surface area contributed by atoms with E-state index in [4.69, 9.17) is 33.7 Å². The lowest BCUT2D eigenvalue weighted by Crippen LogP contribution is -2.36. The molecule has 0 amide bonds. The van der Waals surface area contributed by atoms with Crippen molar-refractivity contribution in [3.05, 3.63) is 34.9 Å². The Morgan fingerprint density at radius 3 is 1.83 bits per heavy atom. The zero-order valence-corrected chi connectivity index (χ0v) is 48.2. The third-order valence-corrected chi connectivity index (χ3v) is 16.9. The van der Waals surface area contributed by atoms with Gasteiger partial charge in [-0.3, -0.25) is 23.2 Å². The zero-order valence-electron chi connectivity index (χ0n) is 46.4. The molecular formula is C55H99N3O16P2. The van der Waals surface area contributed by atoms with Crippen LogP contribution in [0.25, 0.3) is 0 Å². The van der Waals surface area contributed by atoms with Crippen molar-refractivity contribution in [1.29, 1.82) is 0 Å². The van der Waals surface area contributed by atoms with Gasteiger partial charge in [-0.1, -0.05) is 193 Å². The molecule has 2 saturated heterocycles. The lowest BCUT2D eigenvalue weighted by Gasteiger charge is -2.21.